The number of rotatable bonds is 5. The molecule has 0 aromatic heterocycles. The molecule has 0 spiro atoms. The molecule has 0 N–H and O–H groups in total. The van der Waals surface area contributed by atoms with Crippen LogP contribution in [0.5, 0.6) is 0 Å². The van der Waals surface area contributed by atoms with Crippen LogP contribution in [-0.2, 0) is 19.6 Å². The van der Waals surface area contributed by atoms with Gasteiger partial charge in [0.1, 0.15) is 0 Å². The first-order valence-electron chi connectivity index (χ1n) is 12.5. The maximum absolute atomic E-state index is 13.1. The first kappa shape index (κ1) is 24.6. The van der Waals surface area contributed by atoms with Crippen LogP contribution < -0.4 is 0 Å². The maximum Gasteiger partial charge on any atom is 0.243 e. The Kier molecular flexibility index (Phi) is 7.78. The summed E-state index contributed by atoms with van der Waals surface area (Å²) >= 11 is 0. The van der Waals surface area contributed by atoms with Gasteiger partial charge in [-0.2, -0.15) is 4.31 Å². The molecule has 184 valence electrons. The summed E-state index contributed by atoms with van der Waals surface area (Å²) in [5.41, 5.74) is 1.04. The van der Waals surface area contributed by atoms with Gasteiger partial charge in [-0.15, -0.1) is 0 Å². The molecule has 2 unspecified atom stereocenters. The molecule has 1 aromatic rings. The van der Waals surface area contributed by atoms with Crippen LogP contribution >= 0.6 is 0 Å². The third-order valence-corrected chi connectivity index (χ3v) is 9.31. The standard InChI is InChI=1S/C25H39N3O4S/c1-19-4-6-24(7-5-19)33(30,31)28-14-10-23(11-15-28)25(29)27-12-8-22(9-13-27)18-26-16-20(2)32-21(3)17-26/h4-7,20-23H,8-18H2,1-3H3. The minimum atomic E-state index is -3.49. The number of aryl methyl sites for hydroxylation is 1. The molecular weight excluding hydrogens is 438 g/mol. The van der Waals surface area contributed by atoms with Crippen molar-refractivity contribution < 1.29 is 17.9 Å². The van der Waals surface area contributed by atoms with Gasteiger partial charge in [-0.1, -0.05) is 17.7 Å². The van der Waals surface area contributed by atoms with Gasteiger partial charge in [0.2, 0.25) is 15.9 Å². The highest BCUT2D eigenvalue weighted by Gasteiger charge is 2.35. The first-order chi connectivity index (χ1) is 15.7. The zero-order chi connectivity index (χ0) is 23.6. The lowest BCUT2D eigenvalue weighted by Gasteiger charge is -2.40. The van der Waals surface area contributed by atoms with Crippen LogP contribution in [0.15, 0.2) is 29.2 Å². The predicted molar refractivity (Wildman–Crippen MR) is 128 cm³/mol. The number of likely N-dealkylation sites (tertiary alicyclic amines) is 1. The van der Waals surface area contributed by atoms with E-state index in [1.165, 1.54) is 4.31 Å². The lowest BCUT2D eigenvalue weighted by Crippen LogP contribution is -2.50. The molecule has 3 aliphatic heterocycles. The van der Waals surface area contributed by atoms with Crippen molar-refractivity contribution in [3.63, 3.8) is 0 Å². The second-order valence-electron chi connectivity index (χ2n) is 10.2. The number of benzene rings is 1. The van der Waals surface area contributed by atoms with Crippen molar-refractivity contribution in [1.29, 1.82) is 0 Å². The van der Waals surface area contributed by atoms with Gasteiger partial charge in [0.25, 0.3) is 0 Å². The topological polar surface area (TPSA) is 70.2 Å². The van der Waals surface area contributed by atoms with Gasteiger partial charge in [-0.05, 0) is 64.5 Å². The minimum Gasteiger partial charge on any atom is -0.373 e. The van der Waals surface area contributed by atoms with Crippen LogP contribution in [0.1, 0.15) is 45.1 Å². The van der Waals surface area contributed by atoms with E-state index in [2.05, 4.69) is 18.7 Å². The van der Waals surface area contributed by atoms with Crippen LogP contribution in [0.4, 0.5) is 0 Å². The Bertz CT molecular complexity index is 894. The van der Waals surface area contributed by atoms with Crippen molar-refractivity contribution in [3.8, 4) is 0 Å². The maximum atomic E-state index is 13.1. The van der Waals surface area contributed by atoms with E-state index in [0.29, 0.717) is 36.7 Å². The Labute approximate surface area is 199 Å². The van der Waals surface area contributed by atoms with Crippen LogP contribution in [0.2, 0.25) is 0 Å². The first-order valence-corrected chi connectivity index (χ1v) is 13.9. The monoisotopic (exact) mass is 477 g/mol. The minimum absolute atomic E-state index is 0.0630. The number of sulfonamides is 1. The third kappa shape index (κ3) is 5.96. The molecule has 2 atom stereocenters. The molecule has 1 aromatic carbocycles. The second-order valence-corrected chi connectivity index (χ2v) is 12.2. The van der Waals surface area contributed by atoms with E-state index in [1.54, 1.807) is 12.1 Å². The summed E-state index contributed by atoms with van der Waals surface area (Å²) in [4.78, 5) is 18.0. The fourth-order valence-corrected chi connectivity index (χ4v) is 7.06. The average Bonchev–Trinajstić information content (AvgIpc) is 2.79. The molecule has 3 heterocycles. The lowest BCUT2D eigenvalue weighted by molar-refractivity contribution is -0.138. The number of hydrogen-bond acceptors (Lipinski definition) is 5. The molecule has 7 nitrogen and oxygen atoms in total. The Hall–Kier alpha value is -1.48. The molecule has 3 aliphatic rings. The zero-order valence-electron chi connectivity index (χ0n) is 20.3. The van der Waals surface area contributed by atoms with E-state index < -0.39 is 10.0 Å². The molecule has 8 heteroatoms. The summed E-state index contributed by atoms with van der Waals surface area (Å²) in [5.74, 6) is 0.787. The van der Waals surface area contributed by atoms with Crippen LogP contribution in [0.25, 0.3) is 0 Å². The number of carbonyl (C=O) groups is 1. The number of nitrogens with zero attached hydrogens (tertiary/aromatic N) is 3. The van der Waals surface area contributed by atoms with Gasteiger partial charge in [-0.3, -0.25) is 9.69 Å². The normalized spacial score (nSPS) is 27.1. The van der Waals surface area contributed by atoms with Crippen molar-refractivity contribution >= 4 is 15.9 Å². The summed E-state index contributed by atoms with van der Waals surface area (Å²) in [5, 5.41) is 0. The molecule has 3 saturated heterocycles. The predicted octanol–water partition coefficient (Wildman–Crippen LogP) is 2.74. The molecule has 0 bridgehead atoms. The number of ether oxygens (including phenoxy) is 1. The van der Waals surface area contributed by atoms with Crippen molar-refractivity contribution in [2.75, 3.05) is 45.8 Å². The molecule has 33 heavy (non-hydrogen) atoms. The Morgan fingerprint density at radius 2 is 1.52 bits per heavy atom. The van der Waals surface area contributed by atoms with E-state index in [1.807, 2.05) is 24.0 Å². The molecule has 0 saturated carbocycles. The number of amides is 1. The quantitative estimate of drug-likeness (QED) is 0.652. The number of morpholine rings is 1. The summed E-state index contributed by atoms with van der Waals surface area (Å²) in [6.07, 6.45) is 3.88. The molecule has 3 fully saturated rings. The highest BCUT2D eigenvalue weighted by molar-refractivity contribution is 7.89. The van der Waals surface area contributed by atoms with E-state index in [0.717, 1.165) is 51.1 Å². The fraction of sp³-hybridized carbons (Fsp3) is 0.720. The number of piperidine rings is 2. The molecule has 0 aliphatic carbocycles. The highest BCUT2D eigenvalue weighted by atomic mass is 32.2. The summed E-state index contributed by atoms with van der Waals surface area (Å²) in [7, 11) is -3.49. The van der Waals surface area contributed by atoms with Crippen LogP contribution in [0, 0.1) is 18.8 Å². The smallest absolute Gasteiger partial charge is 0.243 e. The van der Waals surface area contributed by atoms with Crippen molar-refractivity contribution in [1.82, 2.24) is 14.1 Å². The highest BCUT2D eigenvalue weighted by Crippen LogP contribution is 2.28. The molecule has 1 amide bonds. The van der Waals surface area contributed by atoms with E-state index in [-0.39, 0.29) is 24.0 Å². The summed E-state index contributed by atoms with van der Waals surface area (Å²) < 4.78 is 33.3. The van der Waals surface area contributed by atoms with Gasteiger partial charge >= 0.3 is 0 Å². The number of carbonyl (C=O) groups excluding carboxylic acids is 1. The molecular formula is C25H39N3O4S. The second kappa shape index (κ2) is 10.4. The van der Waals surface area contributed by atoms with Crippen molar-refractivity contribution in [3.05, 3.63) is 29.8 Å². The van der Waals surface area contributed by atoms with Gasteiger partial charge in [0, 0.05) is 51.7 Å². The van der Waals surface area contributed by atoms with Gasteiger partial charge in [-0.25, -0.2) is 8.42 Å². The molecule has 0 radical (unpaired) electrons. The fourth-order valence-electron chi connectivity index (χ4n) is 5.60. The van der Waals surface area contributed by atoms with Gasteiger partial charge in [0.15, 0.2) is 0 Å². The van der Waals surface area contributed by atoms with E-state index >= 15 is 0 Å². The number of hydrogen-bond donors (Lipinski definition) is 0. The average molecular weight is 478 g/mol. The van der Waals surface area contributed by atoms with Crippen molar-refractivity contribution in [2.24, 2.45) is 11.8 Å². The molecule has 4 rings (SSSR count). The van der Waals surface area contributed by atoms with E-state index in [9.17, 15) is 13.2 Å². The Balaban J connectivity index is 1.24. The largest absolute Gasteiger partial charge is 0.373 e. The van der Waals surface area contributed by atoms with Gasteiger partial charge in [0.05, 0.1) is 17.1 Å². The van der Waals surface area contributed by atoms with Gasteiger partial charge < -0.3 is 9.64 Å². The van der Waals surface area contributed by atoms with Crippen LogP contribution in [-0.4, -0.2) is 86.5 Å². The van der Waals surface area contributed by atoms with E-state index in [4.69, 9.17) is 4.74 Å². The van der Waals surface area contributed by atoms with Crippen LogP contribution in [0.3, 0.4) is 0 Å². The Morgan fingerprint density at radius 1 is 0.939 bits per heavy atom. The summed E-state index contributed by atoms with van der Waals surface area (Å²) in [6, 6.07) is 6.99. The zero-order valence-corrected chi connectivity index (χ0v) is 21.1. The SMILES string of the molecule is Cc1ccc(S(=O)(=O)N2CCC(C(=O)N3CCC(CN4CC(C)OC(C)C4)CC3)CC2)cc1. The third-order valence-electron chi connectivity index (χ3n) is 7.40. The lowest BCUT2D eigenvalue weighted by atomic mass is 9.92. The summed E-state index contributed by atoms with van der Waals surface area (Å²) in [6.45, 7) is 11.8. The van der Waals surface area contributed by atoms with Crippen molar-refractivity contribution in [2.45, 2.75) is 63.6 Å². The Morgan fingerprint density at radius 3 is 2.09 bits per heavy atom.